The molecule has 0 spiro atoms. The zero-order valence-electron chi connectivity index (χ0n) is 28.3. The van der Waals surface area contributed by atoms with Crippen LogP contribution in [-0.4, -0.2) is 102 Å². The van der Waals surface area contributed by atoms with E-state index in [1.165, 1.54) is 21.1 Å². The number of aromatic hydroxyl groups is 1. The van der Waals surface area contributed by atoms with Crippen LogP contribution >= 0.6 is 0 Å². The number of likely N-dealkylation sites (N-methyl/N-ethyl adjacent to an activating group) is 1. The van der Waals surface area contributed by atoms with Crippen molar-refractivity contribution in [1.82, 2.24) is 20.4 Å². The number of nitrogens with one attached hydrogen (secondary N) is 2. The van der Waals surface area contributed by atoms with Gasteiger partial charge in [0.2, 0.25) is 11.7 Å². The van der Waals surface area contributed by atoms with Crippen LogP contribution in [0, 0.1) is 18.3 Å². The molecule has 13 nitrogen and oxygen atoms in total. The van der Waals surface area contributed by atoms with E-state index in [9.17, 15) is 29.5 Å². The minimum Gasteiger partial charge on any atom is -0.504 e. The van der Waals surface area contributed by atoms with Crippen molar-refractivity contribution in [2.45, 2.75) is 96.2 Å². The molecule has 0 aromatic heterocycles. The first-order valence-electron chi connectivity index (χ1n) is 15.7. The predicted molar refractivity (Wildman–Crippen MR) is 169 cm³/mol. The van der Waals surface area contributed by atoms with Gasteiger partial charge in [0.25, 0.3) is 0 Å². The van der Waals surface area contributed by atoms with Crippen LogP contribution in [0.3, 0.4) is 0 Å². The smallest absolute Gasteiger partial charge is 0.408 e. The number of allylic oxidation sites excluding steroid dienone is 2. The molecule has 2 bridgehead atoms. The Morgan fingerprint density at radius 1 is 1.13 bits per heavy atom. The Morgan fingerprint density at radius 3 is 2.40 bits per heavy atom. The number of Topliss-reactive ketones (excluding diaryl/α,β-unsaturated/α-hetero) is 2. The van der Waals surface area contributed by atoms with Crippen molar-refractivity contribution in [3.05, 3.63) is 45.2 Å². The van der Waals surface area contributed by atoms with Crippen LogP contribution in [0.5, 0.6) is 11.5 Å². The van der Waals surface area contributed by atoms with Gasteiger partial charge >= 0.3 is 6.09 Å². The number of ether oxygens (including phenoxy) is 3. The van der Waals surface area contributed by atoms with E-state index < -0.39 is 53.6 Å². The number of benzene rings is 1. The number of amides is 2. The number of phenolic OH excluding ortho intramolecular Hbond substituents is 1. The highest BCUT2D eigenvalue weighted by Crippen LogP contribution is 2.53. The second kappa shape index (κ2) is 12.3. The molecule has 1 aromatic carbocycles. The summed E-state index contributed by atoms with van der Waals surface area (Å²) in [5.74, 6) is -1.08. The zero-order chi connectivity index (χ0) is 34.7. The molecule has 1 aromatic rings. The lowest BCUT2D eigenvalue weighted by atomic mass is 9.69. The average Bonchev–Trinajstić information content (AvgIpc) is 2.98. The summed E-state index contributed by atoms with van der Waals surface area (Å²) in [4.78, 5) is 57.5. The Balaban J connectivity index is 1.59. The quantitative estimate of drug-likeness (QED) is 0.387. The Bertz CT molecular complexity index is 1650. The number of hydrogen-bond donors (Lipinski definition) is 3. The van der Waals surface area contributed by atoms with Crippen molar-refractivity contribution in [2.24, 2.45) is 0 Å². The van der Waals surface area contributed by atoms with Gasteiger partial charge in [0.05, 0.1) is 32.4 Å². The van der Waals surface area contributed by atoms with Gasteiger partial charge in [0.15, 0.2) is 23.0 Å². The molecule has 4 aliphatic rings. The monoisotopic (exact) mass is 649 g/mol. The van der Waals surface area contributed by atoms with Gasteiger partial charge < -0.3 is 30.0 Å². The number of aryl methyl sites for hydroxylation is 1. The number of hydrogen-bond acceptors (Lipinski definition) is 11. The summed E-state index contributed by atoms with van der Waals surface area (Å²) in [6.07, 6.45) is -0.189. The largest absolute Gasteiger partial charge is 0.504 e. The van der Waals surface area contributed by atoms with E-state index in [1.54, 1.807) is 27.7 Å². The molecule has 47 heavy (non-hydrogen) atoms. The maximum atomic E-state index is 14.0. The standard InChI is InChI=1S/C34H43N5O8/c1-15-10-18-11-20-22(13-35)39-21(26(38(20)7)24(18)28(41)30(15)45-8)12-19-25(29(42)31(46-9)16(2)27(19)40)23(39)14-36-32(43)17(3)37-33(44)47-34(4,5)6/h10,17,20-23,26,41H,11-12,14H2,1-9H3,(H,36,43)(H,37,44)/t17-,20+,21?,22-,23-,26+/m0/s1. The molecule has 13 heteroatoms. The number of ketones is 2. The van der Waals surface area contributed by atoms with E-state index in [0.29, 0.717) is 23.3 Å². The van der Waals surface area contributed by atoms with Crippen molar-refractivity contribution < 1.29 is 38.5 Å². The highest BCUT2D eigenvalue weighted by molar-refractivity contribution is 6.25. The summed E-state index contributed by atoms with van der Waals surface area (Å²) >= 11 is 0. The number of phenols is 1. The summed E-state index contributed by atoms with van der Waals surface area (Å²) in [6, 6.07) is 0.472. The number of methoxy groups -OCH3 is 2. The van der Waals surface area contributed by atoms with Crippen molar-refractivity contribution in [3.63, 3.8) is 0 Å². The highest BCUT2D eigenvalue weighted by Gasteiger charge is 2.58. The number of piperazine rings is 1. The van der Waals surface area contributed by atoms with Gasteiger partial charge in [-0.3, -0.25) is 24.2 Å². The average molecular weight is 650 g/mol. The minimum absolute atomic E-state index is 0.00335. The van der Waals surface area contributed by atoms with Gasteiger partial charge in [-0.1, -0.05) is 6.07 Å². The van der Waals surface area contributed by atoms with Crippen molar-refractivity contribution in [3.8, 4) is 17.6 Å². The van der Waals surface area contributed by atoms with E-state index in [-0.39, 0.29) is 47.4 Å². The number of fused-ring (bicyclic) bond motifs is 6. The normalized spacial score (nSPS) is 26.4. The third-order valence-electron chi connectivity index (χ3n) is 9.66. The molecule has 1 unspecified atom stereocenters. The maximum Gasteiger partial charge on any atom is 0.408 e. The molecular weight excluding hydrogens is 606 g/mol. The first-order valence-corrected chi connectivity index (χ1v) is 15.7. The fourth-order valence-electron chi connectivity index (χ4n) is 7.71. The number of nitriles is 1. The number of alkyl carbamates (subject to hydrolysis) is 1. The van der Waals surface area contributed by atoms with Gasteiger partial charge in [-0.25, -0.2) is 4.79 Å². The molecular formula is C34H43N5O8. The highest BCUT2D eigenvalue weighted by atomic mass is 16.6. The van der Waals surface area contributed by atoms with Gasteiger partial charge in [-0.15, -0.1) is 0 Å². The number of carbonyl (C=O) groups is 4. The van der Waals surface area contributed by atoms with Crippen LogP contribution in [0.2, 0.25) is 0 Å². The van der Waals surface area contributed by atoms with Gasteiger partial charge in [-0.2, -0.15) is 5.26 Å². The SMILES string of the molecule is COC1=C(C)C(=O)C2=C(C1=O)[C@H](CNC(=O)[C@H](C)NC(=O)OC(C)(C)C)N1C(C2)[C@@H]2c3c(cc(C)c(OC)c3O)C[C@H]([C@@H]1C#N)N2C. The lowest BCUT2D eigenvalue weighted by Gasteiger charge is -2.60. The van der Waals surface area contributed by atoms with Crippen LogP contribution in [0.15, 0.2) is 28.5 Å². The number of nitrogens with zero attached hydrogens (tertiary/aromatic N) is 3. The fourth-order valence-corrected chi connectivity index (χ4v) is 7.71. The Morgan fingerprint density at radius 2 is 1.81 bits per heavy atom. The van der Waals surface area contributed by atoms with Gasteiger partial charge in [-0.05, 0) is 72.6 Å². The molecule has 2 amide bonds. The van der Waals surface area contributed by atoms with E-state index >= 15 is 0 Å². The van der Waals surface area contributed by atoms with Crippen LogP contribution in [0.1, 0.15) is 63.8 Å². The summed E-state index contributed by atoms with van der Waals surface area (Å²) in [7, 11) is 4.72. The molecule has 3 N–H and O–H groups in total. The molecule has 1 fully saturated rings. The summed E-state index contributed by atoms with van der Waals surface area (Å²) in [6.45, 7) is 9.90. The third-order valence-corrected chi connectivity index (χ3v) is 9.66. The number of carbonyl (C=O) groups excluding carboxylic acids is 4. The van der Waals surface area contributed by atoms with Crippen molar-refractivity contribution in [2.75, 3.05) is 27.8 Å². The number of rotatable bonds is 6. The molecule has 1 saturated heterocycles. The Kier molecular flexibility index (Phi) is 8.89. The lowest BCUT2D eigenvalue weighted by Crippen LogP contribution is -2.71. The second-order valence-electron chi connectivity index (χ2n) is 13.7. The second-order valence-corrected chi connectivity index (χ2v) is 13.7. The van der Waals surface area contributed by atoms with Crippen LogP contribution in [0.4, 0.5) is 4.79 Å². The van der Waals surface area contributed by atoms with E-state index in [1.807, 2.05) is 24.9 Å². The first kappa shape index (κ1) is 33.9. The van der Waals surface area contributed by atoms with E-state index in [4.69, 9.17) is 14.2 Å². The lowest BCUT2D eigenvalue weighted by molar-refractivity contribution is -0.125. The molecule has 5 rings (SSSR count). The first-order chi connectivity index (χ1) is 22.1. The predicted octanol–water partition coefficient (Wildman–Crippen LogP) is 2.35. The molecule has 252 valence electrons. The molecule has 0 saturated carbocycles. The summed E-state index contributed by atoms with van der Waals surface area (Å²) in [5, 5.41) is 27.6. The van der Waals surface area contributed by atoms with Gasteiger partial charge in [0.1, 0.15) is 17.7 Å². The van der Waals surface area contributed by atoms with Crippen molar-refractivity contribution >= 4 is 23.6 Å². The minimum atomic E-state index is -0.990. The fraction of sp³-hybridized carbons (Fsp3) is 0.559. The molecule has 3 heterocycles. The molecule has 3 aliphatic heterocycles. The van der Waals surface area contributed by atoms with E-state index in [2.05, 4.69) is 21.6 Å². The maximum absolute atomic E-state index is 14.0. The third kappa shape index (κ3) is 5.63. The molecule has 1 aliphatic carbocycles. The zero-order valence-corrected chi connectivity index (χ0v) is 28.3. The van der Waals surface area contributed by atoms with Crippen LogP contribution in [-0.2, 0) is 30.3 Å². The summed E-state index contributed by atoms with van der Waals surface area (Å²) in [5.41, 5.74) is 2.20. The van der Waals surface area contributed by atoms with E-state index in [0.717, 1.165) is 11.1 Å². The Labute approximate surface area is 274 Å². The summed E-state index contributed by atoms with van der Waals surface area (Å²) < 4.78 is 16.2. The topological polar surface area (TPSA) is 171 Å². The Hall–Kier alpha value is -4.41. The van der Waals surface area contributed by atoms with Crippen LogP contribution in [0.25, 0.3) is 0 Å². The van der Waals surface area contributed by atoms with Crippen LogP contribution < -0.4 is 15.4 Å². The van der Waals surface area contributed by atoms with Gasteiger partial charge in [0, 0.05) is 40.9 Å². The molecule has 0 radical (unpaired) electrons. The van der Waals surface area contributed by atoms with Crippen molar-refractivity contribution in [1.29, 1.82) is 5.26 Å². The molecule has 6 atom stereocenters.